The number of furan rings is 1. The molecule has 0 fully saturated rings. The minimum Gasteiger partial charge on any atom is -0.468 e. The highest BCUT2D eigenvalue weighted by atomic mass is 32.2. The molecule has 2 nitrogen and oxygen atoms in total. The van der Waals surface area contributed by atoms with Gasteiger partial charge in [0.05, 0.1) is 12.0 Å². The van der Waals surface area contributed by atoms with E-state index in [2.05, 4.69) is 11.1 Å². The van der Waals surface area contributed by atoms with Gasteiger partial charge in [0, 0.05) is 18.1 Å². The second kappa shape index (κ2) is 4.86. The van der Waals surface area contributed by atoms with Crippen LogP contribution in [0.5, 0.6) is 0 Å². The number of thioether (sulfide) groups is 1. The number of pyridine rings is 1. The number of rotatable bonds is 4. The average Bonchev–Trinajstić information content (AvgIpc) is 2.72. The lowest BCUT2D eigenvalue weighted by atomic mass is 10.3. The Bertz CT molecular complexity index is 358. The molecular formula is C11H11NOS. The molecule has 14 heavy (non-hydrogen) atoms. The molecule has 2 aromatic heterocycles. The lowest BCUT2D eigenvalue weighted by Gasteiger charge is -1.98. The lowest BCUT2D eigenvalue weighted by Crippen LogP contribution is -1.82. The predicted molar refractivity (Wildman–Crippen MR) is 57.9 cm³/mol. The van der Waals surface area contributed by atoms with Gasteiger partial charge in [0.15, 0.2) is 0 Å². The fourth-order valence-corrected chi connectivity index (χ4v) is 2.02. The third-order valence-corrected chi connectivity index (χ3v) is 2.84. The number of hydrogen-bond donors (Lipinski definition) is 0. The molecule has 0 spiro atoms. The summed E-state index contributed by atoms with van der Waals surface area (Å²) in [5, 5.41) is 0. The van der Waals surface area contributed by atoms with E-state index < -0.39 is 0 Å². The molecule has 0 aliphatic heterocycles. The second-order valence-electron chi connectivity index (χ2n) is 2.93. The van der Waals surface area contributed by atoms with Gasteiger partial charge in [-0.25, -0.2) is 0 Å². The molecule has 2 heterocycles. The first-order valence-corrected chi connectivity index (χ1v) is 5.59. The normalized spacial score (nSPS) is 10.3. The maximum atomic E-state index is 5.23. The maximum absolute atomic E-state index is 5.23. The van der Waals surface area contributed by atoms with E-state index in [1.165, 1.54) is 5.56 Å². The quantitative estimate of drug-likeness (QED) is 0.767. The number of nitrogens with zero attached hydrogens (tertiary/aromatic N) is 1. The van der Waals surface area contributed by atoms with Gasteiger partial charge in [0.25, 0.3) is 0 Å². The van der Waals surface area contributed by atoms with Crippen LogP contribution in [0.15, 0.2) is 47.3 Å². The molecule has 0 N–H and O–H groups in total. The molecule has 0 aliphatic carbocycles. The van der Waals surface area contributed by atoms with Crippen LogP contribution in [0, 0.1) is 0 Å². The third kappa shape index (κ3) is 2.64. The Morgan fingerprint density at radius 1 is 1.21 bits per heavy atom. The topological polar surface area (TPSA) is 26.0 Å². The first-order valence-electron chi connectivity index (χ1n) is 4.44. The van der Waals surface area contributed by atoms with Crippen LogP contribution in [0.25, 0.3) is 0 Å². The van der Waals surface area contributed by atoms with E-state index in [0.29, 0.717) is 0 Å². The van der Waals surface area contributed by atoms with Crippen molar-refractivity contribution in [3.05, 3.63) is 54.2 Å². The van der Waals surface area contributed by atoms with Gasteiger partial charge in [-0.3, -0.25) is 4.98 Å². The number of aromatic nitrogens is 1. The molecule has 3 heteroatoms. The Kier molecular flexibility index (Phi) is 3.24. The van der Waals surface area contributed by atoms with E-state index in [0.717, 1.165) is 17.3 Å². The third-order valence-electron chi connectivity index (χ3n) is 1.82. The largest absolute Gasteiger partial charge is 0.468 e. The van der Waals surface area contributed by atoms with E-state index >= 15 is 0 Å². The van der Waals surface area contributed by atoms with Crippen molar-refractivity contribution in [3.8, 4) is 0 Å². The summed E-state index contributed by atoms with van der Waals surface area (Å²) in [5.74, 6) is 2.93. The Hall–Kier alpha value is -1.22. The van der Waals surface area contributed by atoms with Crippen LogP contribution in [0.2, 0.25) is 0 Å². The van der Waals surface area contributed by atoms with Crippen molar-refractivity contribution in [2.75, 3.05) is 0 Å². The van der Waals surface area contributed by atoms with Gasteiger partial charge in [0.1, 0.15) is 5.76 Å². The van der Waals surface area contributed by atoms with Crippen molar-refractivity contribution in [2.24, 2.45) is 0 Å². The van der Waals surface area contributed by atoms with Gasteiger partial charge < -0.3 is 4.42 Å². The molecule has 72 valence electrons. The van der Waals surface area contributed by atoms with Crippen LogP contribution in [-0.4, -0.2) is 4.98 Å². The highest BCUT2D eigenvalue weighted by Crippen LogP contribution is 2.17. The zero-order chi connectivity index (χ0) is 9.64. The van der Waals surface area contributed by atoms with E-state index in [9.17, 15) is 0 Å². The summed E-state index contributed by atoms with van der Waals surface area (Å²) in [6.07, 6.45) is 5.40. The highest BCUT2D eigenvalue weighted by molar-refractivity contribution is 7.97. The fraction of sp³-hybridized carbons (Fsp3) is 0.182. The minimum absolute atomic E-state index is 0.919. The molecule has 2 rings (SSSR count). The van der Waals surface area contributed by atoms with Crippen LogP contribution in [-0.2, 0) is 11.5 Å². The van der Waals surface area contributed by atoms with Crippen molar-refractivity contribution < 1.29 is 4.42 Å². The first kappa shape index (κ1) is 9.34. The molecule has 2 aromatic rings. The Morgan fingerprint density at radius 3 is 2.93 bits per heavy atom. The van der Waals surface area contributed by atoms with Crippen molar-refractivity contribution in [2.45, 2.75) is 11.5 Å². The van der Waals surface area contributed by atoms with Crippen molar-refractivity contribution in [3.63, 3.8) is 0 Å². The molecule has 0 bridgehead atoms. The summed E-state index contributed by atoms with van der Waals surface area (Å²) in [6.45, 7) is 0. The van der Waals surface area contributed by atoms with E-state index in [1.54, 1.807) is 12.5 Å². The molecule has 0 radical (unpaired) electrons. The van der Waals surface area contributed by atoms with Crippen molar-refractivity contribution in [1.82, 2.24) is 4.98 Å². The van der Waals surface area contributed by atoms with Crippen molar-refractivity contribution >= 4 is 11.8 Å². The summed E-state index contributed by atoms with van der Waals surface area (Å²) in [6, 6.07) is 7.96. The Balaban J connectivity index is 1.79. The fourth-order valence-electron chi connectivity index (χ4n) is 1.15. The molecule has 0 atom stereocenters. The van der Waals surface area contributed by atoms with Crippen LogP contribution in [0.3, 0.4) is 0 Å². The van der Waals surface area contributed by atoms with Gasteiger partial charge >= 0.3 is 0 Å². The predicted octanol–water partition coefficient (Wildman–Crippen LogP) is 3.11. The molecule has 0 amide bonds. The SMILES string of the molecule is c1cncc(CSCc2ccco2)c1. The molecule has 0 aromatic carbocycles. The van der Waals surface area contributed by atoms with Gasteiger partial charge in [0.2, 0.25) is 0 Å². The molecule has 0 unspecified atom stereocenters. The van der Waals surface area contributed by atoms with Crippen LogP contribution in [0.4, 0.5) is 0 Å². The summed E-state index contributed by atoms with van der Waals surface area (Å²) < 4.78 is 5.23. The highest BCUT2D eigenvalue weighted by Gasteiger charge is 1.96. The molecule has 0 aliphatic rings. The zero-order valence-corrected chi connectivity index (χ0v) is 8.54. The monoisotopic (exact) mass is 205 g/mol. The Labute approximate surface area is 87.4 Å². The molecular weight excluding hydrogens is 194 g/mol. The second-order valence-corrected chi connectivity index (χ2v) is 3.92. The van der Waals surface area contributed by atoms with Gasteiger partial charge in [-0.1, -0.05) is 6.07 Å². The Morgan fingerprint density at radius 2 is 2.21 bits per heavy atom. The van der Waals surface area contributed by atoms with E-state index in [4.69, 9.17) is 4.42 Å². The number of hydrogen-bond acceptors (Lipinski definition) is 3. The lowest BCUT2D eigenvalue weighted by molar-refractivity contribution is 0.530. The van der Waals surface area contributed by atoms with E-state index in [-0.39, 0.29) is 0 Å². The summed E-state index contributed by atoms with van der Waals surface area (Å²) in [5.41, 5.74) is 1.25. The zero-order valence-electron chi connectivity index (χ0n) is 7.72. The van der Waals surface area contributed by atoms with E-state index in [1.807, 2.05) is 36.2 Å². The van der Waals surface area contributed by atoms with Crippen LogP contribution < -0.4 is 0 Å². The van der Waals surface area contributed by atoms with Crippen molar-refractivity contribution in [1.29, 1.82) is 0 Å². The van der Waals surface area contributed by atoms with Gasteiger partial charge in [-0.2, -0.15) is 0 Å². The molecule has 0 saturated carbocycles. The average molecular weight is 205 g/mol. The first-order chi connectivity index (χ1) is 6.95. The summed E-state index contributed by atoms with van der Waals surface area (Å²) in [7, 11) is 0. The van der Waals surface area contributed by atoms with Crippen LogP contribution in [0.1, 0.15) is 11.3 Å². The smallest absolute Gasteiger partial charge is 0.113 e. The van der Waals surface area contributed by atoms with Gasteiger partial charge in [-0.05, 0) is 23.8 Å². The van der Waals surface area contributed by atoms with Gasteiger partial charge in [-0.15, -0.1) is 11.8 Å². The minimum atomic E-state index is 0.919. The maximum Gasteiger partial charge on any atom is 0.113 e. The van der Waals surface area contributed by atoms with Crippen LogP contribution >= 0.6 is 11.8 Å². The summed E-state index contributed by atoms with van der Waals surface area (Å²) in [4.78, 5) is 4.06. The molecule has 0 saturated heterocycles. The standard InChI is InChI=1S/C11H11NOS/c1-3-10(7-12-5-1)8-14-9-11-4-2-6-13-11/h1-7H,8-9H2. The summed E-state index contributed by atoms with van der Waals surface area (Å²) >= 11 is 1.83.